The number of nitrogens with one attached hydrogen (secondary N) is 1. The average molecular weight is 334 g/mol. The van der Waals surface area contributed by atoms with Gasteiger partial charge in [0.05, 0.1) is 5.41 Å². The van der Waals surface area contributed by atoms with Gasteiger partial charge in [-0.3, -0.25) is 19.4 Å². The molecule has 3 rings (SSSR count). The van der Waals surface area contributed by atoms with Gasteiger partial charge < -0.3 is 14.4 Å². The predicted octanol–water partition coefficient (Wildman–Crippen LogP) is -0.602. The summed E-state index contributed by atoms with van der Waals surface area (Å²) in [5.74, 6) is 0.0758. The quantitative estimate of drug-likeness (QED) is 0.798. The molecule has 1 aromatic rings. The standard InChI is InChI=1S/C16H22N4O4/c1-18-7-2-5-16(14(18)23)6-10-20(11-16)13(22)4-9-19-8-3-12(21)17-15(19)24/h3,8H,2,4-7,9-11H2,1H3,(H,17,21,24)/t16-/m1/s1. The van der Waals surface area contributed by atoms with Crippen LogP contribution in [0.2, 0.25) is 0 Å². The molecule has 0 aliphatic carbocycles. The monoisotopic (exact) mass is 334 g/mol. The fraction of sp³-hybridized carbons (Fsp3) is 0.625. The Morgan fingerprint density at radius 3 is 2.79 bits per heavy atom. The van der Waals surface area contributed by atoms with Crippen LogP contribution in [0.4, 0.5) is 0 Å². The van der Waals surface area contributed by atoms with E-state index in [1.807, 2.05) is 7.05 Å². The molecule has 3 heterocycles. The number of amides is 2. The number of aryl methyl sites for hydroxylation is 1. The minimum Gasteiger partial charge on any atom is -0.345 e. The highest BCUT2D eigenvalue weighted by Crippen LogP contribution is 2.39. The maximum atomic E-state index is 12.5. The first-order valence-corrected chi connectivity index (χ1v) is 8.24. The van der Waals surface area contributed by atoms with Crippen LogP contribution in [0.3, 0.4) is 0 Å². The van der Waals surface area contributed by atoms with Crippen LogP contribution < -0.4 is 11.2 Å². The number of hydrogen-bond donors (Lipinski definition) is 1. The first-order chi connectivity index (χ1) is 11.4. The third-order valence-electron chi connectivity index (χ3n) is 5.12. The smallest absolute Gasteiger partial charge is 0.328 e. The van der Waals surface area contributed by atoms with Crippen molar-refractivity contribution in [2.24, 2.45) is 5.41 Å². The summed E-state index contributed by atoms with van der Waals surface area (Å²) in [5, 5.41) is 0. The molecule has 2 amide bonds. The molecule has 0 unspecified atom stereocenters. The zero-order valence-electron chi connectivity index (χ0n) is 13.8. The summed E-state index contributed by atoms with van der Waals surface area (Å²) in [6.07, 6.45) is 4.07. The number of rotatable bonds is 3. The van der Waals surface area contributed by atoms with Crippen molar-refractivity contribution in [3.8, 4) is 0 Å². The second kappa shape index (κ2) is 6.26. The Labute approximate surface area is 139 Å². The van der Waals surface area contributed by atoms with Gasteiger partial charge in [0.25, 0.3) is 5.56 Å². The molecule has 0 radical (unpaired) electrons. The number of carbonyl (C=O) groups excluding carboxylic acids is 2. The van der Waals surface area contributed by atoms with E-state index in [-0.39, 0.29) is 24.8 Å². The van der Waals surface area contributed by atoms with Gasteiger partial charge in [0.2, 0.25) is 11.8 Å². The van der Waals surface area contributed by atoms with Crippen LogP contribution in [0.25, 0.3) is 0 Å². The Kier molecular flexibility index (Phi) is 4.29. The van der Waals surface area contributed by atoms with Gasteiger partial charge in [-0.2, -0.15) is 0 Å². The highest BCUT2D eigenvalue weighted by molar-refractivity contribution is 5.85. The lowest BCUT2D eigenvalue weighted by Gasteiger charge is -2.37. The lowest BCUT2D eigenvalue weighted by molar-refractivity contribution is -0.144. The molecule has 1 aromatic heterocycles. The van der Waals surface area contributed by atoms with E-state index >= 15 is 0 Å². The molecule has 2 aliphatic heterocycles. The minimum absolute atomic E-state index is 0.0639. The Bertz CT molecular complexity index is 768. The molecule has 24 heavy (non-hydrogen) atoms. The average Bonchev–Trinajstić information content (AvgIpc) is 2.97. The fourth-order valence-electron chi connectivity index (χ4n) is 3.73. The predicted molar refractivity (Wildman–Crippen MR) is 86.4 cm³/mol. The van der Waals surface area contributed by atoms with E-state index in [0.29, 0.717) is 19.5 Å². The van der Waals surface area contributed by atoms with Gasteiger partial charge in [-0.05, 0) is 19.3 Å². The van der Waals surface area contributed by atoms with Crippen molar-refractivity contribution in [2.45, 2.75) is 32.2 Å². The molecule has 8 nitrogen and oxygen atoms in total. The van der Waals surface area contributed by atoms with Crippen LogP contribution in [0.1, 0.15) is 25.7 Å². The SMILES string of the molecule is CN1CCC[C@]2(CCN(C(=O)CCn3ccc(=O)[nH]c3=O)C2)C1=O. The number of likely N-dealkylation sites (tertiary alicyclic amines) is 2. The number of H-pyrrole nitrogens is 1. The van der Waals surface area contributed by atoms with Gasteiger partial charge >= 0.3 is 5.69 Å². The van der Waals surface area contributed by atoms with E-state index in [1.54, 1.807) is 9.80 Å². The van der Waals surface area contributed by atoms with Crippen LogP contribution in [0, 0.1) is 5.41 Å². The maximum Gasteiger partial charge on any atom is 0.328 e. The van der Waals surface area contributed by atoms with E-state index in [4.69, 9.17) is 0 Å². The van der Waals surface area contributed by atoms with E-state index in [1.165, 1.54) is 16.8 Å². The lowest BCUT2D eigenvalue weighted by atomic mass is 9.78. The van der Waals surface area contributed by atoms with Crippen molar-refractivity contribution in [1.29, 1.82) is 0 Å². The number of aromatic nitrogens is 2. The van der Waals surface area contributed by atoms with Crippen molar-refractivity contribution >= 4 is 11.8 Å². The normalized spacial score (nSPS) is 24.0. The number of aromatic amines is 1. The van der Waals surface area contributed by atoms with E-state index in [0.717, 1.165) is 19.4 Å². The molecule has 0 aromatic carbocycles. The highest BCUT2D eigenvalue weighted by Gasteiger charge is 2.48. The zero-order valence-corrected chi connectivity index (χ0v) is 13.8. The summed E-state index contributed by atoms with van der Waals surface area (Å²) in [6, 6.07) is 1.26. The summed E-state index contributed by atoms with van der Waals surface area (Å²) in [6.45, 7) is 2.05. The van der Waals surface area contributed by atoms with E-state index in [9.17, 15) is 19.2 Å². The Morgan fingerprint density at radius 1 is 1.25 bits per heavy atom. The molecule has 2 saturated heterocycles. The van der Waals surface area contributed by atoms with Crippen molar-refractivity contribution in [2.75, 3.05) is 26.7 Å². The molecule has 1 spiro atoms. The van der Waals surface area contributed by atoms with Crippen molar-refractivity contribution in [1.82, 2.24) is 19.4 Å². The lowest BCUT2D eigenvalue weighted by Crippen LogP contribution is -2.48. The first kappa shape index (κ1) is 16.5. The first-order valence-electron chi connectivity index (χ1n) is 8.24. The molecule has 2 fully saturated rings. The molecule has 0 bridgehead atoms. The number of nitrogens with zero attached hydrogens (tertiary/aromatic N) is 3. The number of piperidine rings is 1. The highest BCUT2D eigenvalue weighted by atomic mass is 16.2. The summed E-state index contributed by atoms with van der Waals surface area (Å²) >= 11 is 0. The molecule has 8 heteroatoms. The molecular formula is C16H22N4O4. The van der Waals surface area contributed by atoms with Gasteiger partial charge in [0, 0.05) is 51.9 Å². The maximum absolute atomic E-state index is 12.5. The van der Waals surface area contributed by atoms with Crippen molar-refractivity contribution in [3.63, 3.8) is 0 Å². The van der Waals surface area contributed by atoms with Crippen molar-refractivity contribution in [3.05, 3.63) is 33.1 Å². The third-order valence-corrected chi connectivity index (χ3v) is 5.12. The fourth-order valence-corrected chi connectivity index (χ4v) is 3.73. The van der Waals surface area contributed by atoms with E-state index in [2.05, 4.69) is 4.98 Å². The summed E-state index contributed by atoms with van der Waals surface area (Å²) in [5.41, 5.74) is -1.39. The van der Waals surface area contributed by atoms with E-state index < -0.39 is 16.7 Å². The molecule has 2 aliphatic rings. The second-order valence-corrected chi connectivity index (χ2v) is 6.73. The second-order valence-electron chi connectivity index (χ2n) is 6.73. The topological polar surface area (TPSA) is 95.5 Å². The zero-order chi connectivity index (χ0) is 17.3. The molecule has 0 saturated carbocycles. The van der Waals surface area contributed by atoms with Gasteiger partial charge in [-0.1, -0.05) is 0 Å². The minimum atomic E-state index is -0.516. The van der Waals surface area contributed by atoms with Gasteiger partial charge in [0.15, 0.2) is 0 Å². The summed E-state index contributed by atoms with van der Waals surface area (Å²) < 4.78 is 1.31. The van der Waals surface area contributed by atoms with Crippen LogP contribution in [-0.2, 0) is 16.1 Å². The van der Waals surface area contributed by atoms with Crippen LogP contribution >= 0.6 is 0 Å². The molecule has 1 N–H and O–H groups in total. The van der Waals surface area contributed by atoms with Gasteiger partial charge in [-0.15, -0.1) is 0 Å². The largest absolute Gasteiger partial charge is 0.345 e. The van der Waals surface area contributed by atoms with Gasteiger partial charge in [-0.25, -0.2) is 4.79 Å². The van der Waals surface area contributed by atoms with Crippen LogP contribution in [0.5, 0.6) is 0 Å². The summed E-state index contributed by atoms with van der Waals surface area (Å²) in [7, 11) is 1.82. The van der Waals surface area contributed by atoms with Crippen LogP contribution in [-0.4, -0.2) is 57.8 Å². The Balaban J connectivity index is 1.61. The Hall–Kier alpha value is -2.38. The summed E-state index contributed by atoms with van der Waals surface area (Å²) in [4.78, 5) is 53.2. The molecule has 1 atom stereocenters. The Morgan fingerprint density at radius 2 is 2.04 bits per heavy atom. The van der Waals surface area contributed by atoms with Crippen LogP contribution in [0.15, 0.2) is 21.9 Å². The van der Waals surface area contributed by atoms with Gasteiger partial charge in [0.1, 0.15) is 0 Å². The third kappa shape index (κ3) is 3.00. The molecule has 130 valence electrons. The number of hydrogen-bond acceptors (Lipinski definition) is 4. The number of carbonyl (C=O) groups is 2. The molecular weight excluding hydrogens is 312 g/mol. The van der Waals surface area contributed by atoms with Crippen molar-refractivity contribution < 1.29 is 9.59 Å².